The summed E-state index contributed by atoms with van der Waals surface area (Å²) in [5, 5.41) is 0. The summed E-state index contributed by atoms with van der Waals surface area (Å²) in [6.45, 7) is 2.06. The quantitative estimate of drug-likeness (QED) is 0.280. The molecule has 1 aliphatic rings. The third-order valence-electron chi connectivity index (χ3n) is 7.01. The van der Waals surface area contributed by atoms with E-state index < -0.39 is 63.6 Å². The van der Waals surface area contributed by atoms with Gasteiger partial charge in [0.25, 0.3) is 0 Å². The molecule has 0 radical (unpaired) electrons. The van der Waals surface area contributed by atoms with Crippen LogP contribution in [0.4, 0.5) is 39.5 Å². The number of para-hydroxylation sites is 1. The van der Waals surface area contributed by atoms with Crippen LogP contribution in [0, 0.1) is 29.2 Å². The summed E-state index contributed by atoms with van der Waals surface area (Å²) < 4.78 is 132. The SMILES string of the molecule is CCC1CCC(c2cc(F)c(C(F)(F)Oc3ccccc3-c3cc(F)c(C(F)(F)F)c(F)c3)c(F)c2)CC1. The molecule has 0 N–H and O–H groups in total. The molecule has 3 aromatic carbocycles. The molecule has 1 nitrogen and oxygen atoms in total. The van der Waals surface area contributed by atoms with Gasteiger partial charge in [-0.15, -0.1) is 0 Å². The van der Waals surface area contributed by atoms with Crippen molar-refractivity contribution in [2.75, 3.05) is 0 Å². The van der Waals surface area contributed by atoms with Gasteiger partial charge in [-0.3, -0.25) is 0 Å². The van der Waals surface area contributed by atoms with Crippen molar-refractivity contribution in [1.29, 1.82) is 0 Å². The van der Waals surface area contributed by atoms with E-state index in [4.69, 9.17) is 0 Å². The van der Waals surface area contributed by atoms with Crippen LogP contribution in [0.25, 0.3) is 11.1 Å². The predicted molar refractivity (Wildman–Crippen MR) is 123 cm³/mol. The summed E-state index contributed by atoms with van der Waals surface area (Å²) in [5.41, 5.74) is -4.48. The van der Waals surface area contributed by atoms with Gasteiger partial charge in [-0.1, -0.05) is 31.5 Å². The van der Waals surface area contributed by atoms with Crippen molar-refractivity contribution in [3.8, 4) is 16.9 Å². The Bertz CT molecular complexity index is 1260. The molecule has 0 saturated heterocycles. The number of hydrogen-bond acceptors (Lipinski definition) is 1. The zero-order valence-electron chi connectivity index (χ0n) is 20.1. The normalized spacial score (nSPS) is 18.5. The van der Waals surface area contributed by atoms with E-state index in [1.165, 1.54) is 12.1 Å². The van der Waals surface area contributed by atoms with Gasteiger partial charge >= 0.3 is 12.3 Å². The maximum atomic E-state index is 15.1. The number of ether oxygens (including phenoxy) is 1. The van der Waals surface area contributed by atoms with Gasteiger partial charge in [-0.25, -0.2) is 17.6 Å². The Labute approximate surface area is 213 Å². The van der Waals surface area contributed by atoms with E-state index in [9.17, 15) is 30.7 Å². The second-order valence-electron chi connectivity index (χ2n) is 9.41. The second-order valence-corrected chi connectivity index (χ2v) is 9.41. The first kappa shape index (κ1) is 27.9. The first-order valence-electron chi connectivity index (χ1n) is 12.0. The summed E-state index contributed by atoms with van der Waals surface area (Å²) in [6.07, 6.45) is -5.81. The van der Waals surface area contributed by atoms with Crippen LogP contribution < -0.4 is 4.74 Å². The van der Waals surface area contributed by atoms with E-state index >= 15 is 8.78 Å². The Morgan fingerprint density at radius 3 is 1.79 bits per heavy atom. The molecule has 0 atom stereocenters. The van der Waals surface area contributed by atoms with Crippen molar-refractivity contribution in [2.24, 2.45) is 5.92 Å². The molecule has 0 heterocycles. The van der Waals surface area contributed by atoms with Crippen LogP contribution in [0.1, 0.15) is 61.6 Å². The lowest BCUT2D eigenvalue weighted by Crippen LogP contribution is -2.26. The van der Waals surface area contributed by atoms with Crippen LogP contribution >= 0.6 is 0 Å². The van der Waals surface area contributed by atoms with Crippen molar-refractivity contribution in [3.05, 3.63) is 88.5 Å². The molecule has 0 bridgehead atoms. The Morgan fingerprint density at radius 1 is 0.737 bits per heavy atom. The van der Waals surface area contributed by atoms with Crippen LogP contribution in [0.5, 0.6) is 5.75 Å². The highest BCUT2D eigenvalue weighted by molar-refractivity contribution is 5.71. The molecule has 3 aromatic rings. The molecular weight excluding hydrogens is 523 g/mol. The average Bonchev–Trinajstić information content (AvgIpc) is 2.82. The Hall–Kier alpha value is -3.17. The topological polar surface area (TPSA) is 9.23 Å². The molecule has 204 valence electrons. The Morgan fingerprint density at radius 2 is 1.26 bits per heavy atom. The molecule has 1 saturated carbocycles. The molecule has 1 aliphatic carbocycles. The summed E-state index contributed by atoms with van der Waals surface area (Å²) in [6, 6.07) is 6.82. The van der Waals surface area contributed by atoms with Gasteiger partial charge in [0, 0.05) is 5.56 Å². The minimum atomic E-state index is -5.33. The van der Waals surface area contributed by atoms with Gasteiger partial charge < -0.3 is 4.74 Å². The molecule has 4 rings (SSSR count). The molecule has 38 heavy (non-hydrogen) atoms. The molecule has 0 unspecified atom stereocenters. The van der Waals surface area contributed by atoms with E-state index in [-0.39, 0.29) is 11.5 Å². The summed E-state index contributed by atoms with van der Waals surface area (Å²) in [7, 11) is 0. The third kappa shape index (κ3) is 5.63. The van der Waals surface area contributed by atoms with Gasteiger partial charge in [0.15, 0.2) is 0 Å². The van der Waals surface area contributed by atoms with Crippen molar-refractivity contribution < 1.29 is 44.3 Å². The van der Waals surface area contributed by atoms with E-state index in [2.05, 4.69) is 11.7 Å². The maximum Gasteiger partial charge on any atom is 0.432 e. The Kier molecular flexibility index (Phi) is 7.72. The highest BCUT2D eigenvalue weighted by Crippen LogP contribution is 2.43. The van der Waals surface area contributed by atoms with Gasteiger partial charge in [0.1, 0.15) is 40.1 Å². The minimum Gasteiger partial charge on any atom is -0.428 e. The largest absolute Gasteiger partial charge is 0.432 e. The van der Waals surface area contributed by atoms with Crippen LogP contribution in [-0.4, -0.2) is 0 Å². The Balaban J connectivity index is 1.66. The summed E-state index contributed by atoms with van der Waals surface area (Å²) in [5.74, 6) is -7.38. The van der Waals surface area contributed by atoms with Gasteiger partial charge in [0.2, 0.25) is 0 Å². The van der Waals surface area contributed by atoms with E-state index in [1.807, 2.05) is 0 Å². The van der Waals surface area contributed by atoms with E-state index in [0.717, 1.165) is 43.5 Å². The first-order valence-corrected chi connectivity index (χ1v) is 12.0. The van der Waals surface area contributed by atoms with E-state index in [0.29, 0.717) is 30.9 Å². The fraction of sp³-hybridized carbons (Fsp3) is 0.357. The summed E-state index contributed by atoms with van der Waals surface area (Å²) in [4.78, 5) is 0. The minimum absolute atomic E-state index is 0.171. The standard InChI is InChI=1S/C28H23F9O/c1-2-15-7-9-16(10-8-15)17-11-22(31)26(23(32)12-17)28(36,37)38-24-6-4-3-5-19(24)18-13-20(29)25(21(30)14-18)27(33,34)35/h3-6,11-16H,2,7-10H2,1H3. The second kappa shape index (κ2) is 10.5. The van der Waals surface area contributed by atoms with Crippen molar-refractivity contribution >= 4 is 0 Å². The van der Waals surface area contributed by atoms with Gasteiger partial charge in [-0.05, 0) is 79.0 Å². The van der Waals surface area contributed by atoms with Crippen LogP contribution in [0.2, 0.25) is 0 Å². The number of hydrogen-bond donors (Lipinski definition) is 0. The molecule has 10 heteroatoms. The average molecular weight is 546 g/mol. The van der Waals surface area contributed by atoms with Crippen molar-refractivity contribution in [3.63, 3.8) is 0 Å². The molecular formula is C28H23F9O. The summed E-state index contributed by atoms with van der Waals surface area (Å²) >= 11 is 0. The number of halogens is 9. The lowest BCUT2D eigenvalue weighted by molar-refractivity contribution is -0.189. The first-order chi connectivity index (χ1) is 17.8. The third-order valence-corrected chi connectivity index (χ3v) is 7.01. The molecule has 0 aliphatic heterocycles. The predicted octanol–water partition coefficient (Wildman–Crippen LogP) is 9.74. The molecule has 0 aromatic heterocycles. The molecule has 1 fully saturated rings. The lowest BCUT2D eigenvalue weighted by atomic mass is 9.77. The molecule has 0 spiro atoms. The van der Waals surface area contributed by atoms with Crippen LogP contribution in [0.3, 0.4) is 0 Å². The lowest BCUT2D eigenvalue weighted by Gasteiger charge is -2.28. The zero-order valence-corrected chi connectivity index (χ0v) is 20.1. The smallest absolute Gasteiger partial charge is 0.428 e. The molecule has 0 amide bonds. The van der Waals surface area contributed by atoms with Crippen molar-refractivity contribution in [2.45, 2.75) is 57.2 Å². The van der Waals surface area contributed by atoms with E-state index in [1.54, 1.807) is 0 Å². The highest BCUT2D eigenvalue weighted by atomic mass is 19.4. The van der Waals surface area contributed by atoms with Crippen LogP contribution in [0.15, 0.2) is 48.5 Å². The number of benzene rings is 3. The number of rotatable bonds is 6. The van der Waals surface area contributed by atoms with Gasteiger partial charge in [0.05, 0.1) is 0 Å². The number of alkyl halides is 5. The zero-order chi connectivity index (χ0) is 27.8. The highest BCUT2D eigenvalue weighted by Gasteiger charge is 2.42. The fourth-order valence-corrected chi connectivity index (χ4v) is 4.99. The van der Waals surface area contributed by atoms with Gasteiger partial charge in [-0.2, -0.15) is 22.0 Å². The van der Waals surface area contributed by atoms with Crippen molar-refractivity contribution in [1.82, 2.24) is 0 Å². The monoisotopic (exact) mass is 546 g/mol. The van der Waals surface area contributed by atoms with Crippen LogP contribution in [-0.2, 0) is 12.3 Å². The maximum absolute atomic E-state index is 15.1. The fourth-order valence-electron chi connectivity index (χ4n) is 4.99.